The number of hydrogen-bond acceptors (Lipinski definition) is 13. The number of carbonyl (C=O) groups excluding carboxylic acids is 1. The first-order valence-corrected chi connectivity index (χ1v) is 35.1. The second-order valence-electron chi connectivity index (χ2n) is 23.9. The number of ether oxygens (including phenoxy) is 4. The van der Waals surface area contributed by atoms with E-state index in [1.807, 2.05) is 6.08 Å². The summed E-state index contributed by atoms with van der Waals surface area (Å²) >= 11 is 0. The average Bonchev–Trinajstić information content (AvgIpc) is 1.42. The van der Waals surface area contributed by atoms with Crippen molar-refractivity contribution in [3.05, 3.63) is 146 Å². The molecule has 0 bridgehead atoms. The monoisotopic (exact) mass is 1260 g/mol. The van der Waals surface area contributed by atoms with E-state index >= 15 is 0 Å². The fourth-order valence-corrected chi connectivity index (χ4v) is 10.4. The van der Waals surface area contributed by atoms with Crippen LogP contribution in [0, 0.1) is 0 Å². The summed E-state index contributed by atoms with van der Waals surface area (Å²) in [5.41, 5.74) is 0. The Kier molecular flexibility index (Phi) is 53.4. The smallest absolute Gasteiger partial charge is 0.220 e. The number of unbranched alkanes of at least 4 members (excludes halogenated alkanes) is 20. The first kappa shape index (κ1) is 82.0. The van der Waals surface area contributed by atoms with Gasteiger partial charge in [0.1, 0.15) is 48.8 Å². The van der Waals surface area contributed by atoms with Crippen LogP contribution < -0.4 is 5.32 Å². The van der Waals surface area contributed by atoms with E-state index in [1.54, 1.807) is 6.08 Å². The molecule has 0 spiro atoms. The highest BCUT2D eigenvalue weighted by Crippen LogP contribution is 2.30. The van der Waals surface area contributed by atoms with Gasteiger partial charge in [-0.15, -0.1) is 0 Å². The number of rotatable bonds is 55. The van der Waals surface area contributed by atoms with E-state index in [1.165, 1.54) is 96.3 Å². The van der Waals surface area contributed by atoms with Crippen LogP contribution in [0.25, 0.3) is 0 Å². The van der Waals surface area contributed by atoms with Crippen molar-refractivity contribution in [2.24, 2.45) is 0 Å². The summed E-state index contributed by atoms with van der Waals surface area (Å²) in [6.07, 6.45) is 71.8. The molecule has 1 amide bonds. The van der Waals surface area contributed by atoms with Gasteiger partial charge in [-0.25, -0.2) is 0 Å². The Bertz CT molecular complexity index is 2070. The minimum Gasteiger partial charge on any atom is -0.394 e. The van der Waals surface area contributed by atoms with Crippen molar-refractivity contribution < 1.29 is 64.6 Å². The number of hydrogen-bond donors (Lipinski definition) is 9. The molecule has 0 aromatic heterocycles. The summed E-state index contributed by atoms with van der Waals surface area (Å²) in [7, 11) is 0. The largest absolute Gasteiger partial charge is 0.394 e. The van der Waals surface area contributed by atoms with Crippen molar-refractivity contribution in [3.63, 3.8) is 0 Å². The van der Waals surface area contributed by atoms with E-state index in [4.69, 9.17) is 18.9 Å². The highest BCUT2D eigenvalue weighted by molar-refractivity contribution is 5.76. The summed E-state index contributed by atoms with van der Waals surface area (Å²) < 4.78 is 22.8. The summed E-state index contributed by atoms with van der Waals surface area (Å²) in [6, 6.07) is -0.969. The minimum atomic E-state index is -1.80. The molecule has 9 N–H and O–H groups in total. The lowest BCUT2D eigenvalue weighted by molar-refractivity contribution is -0.359. The minimum absolute atomic E-state index is 0.220. The Labute approximate surface area is 544 Å². The molecule has 2 rings (SSSR count). The number of nitrogens with one attached hydrogen (secondary N) is 1. The van der Waals surface area contributed by atoms with Gasteiger partial charge in [-0.05, 0) is 116 Å². The second kappa shape index (κ2) is 58.7. The van der Waals surface area contributed by atoms with E-state index < -0.39 is 86.8 Å². The first-order valence-electron chi connectivity index (χ1n) is 35.1. The van der Waals surface area contributed by atoms with E-state index in [0.717, 1.165) is 103 Å². The van der Waals surface area contributed by atoms with Crippen LogP contribution >= 0.6 is 0 Å². The normalized spacial score (nSPS) is 23.8. The lowest BCUT2D eigenvalue weighted by Crippen LogP contribution is -2.65. The molecule has 12 atom stereocenters. The Morgan fingerprint density at radius 3 is 1.22 bits per heavy atom. The Morgan fingerprint density at radius 1 is 0.411 bits per heavy atom. The fraction of sp³-hybridized carbons (Fsp3) is 0.671. The highest BCUT2D eigenvalue weighted by Gasteiger charge is 2.51. The molecule has 14 nitrogen and oxygen atoms in total. The quantitative estimate of drug-likeness (QED) is 0.0204. The third-order valence-corrected chi connectivity index (χ3v) is 16.0. The molecule has 0 saturated carbocycles. The van der Waals surface area contributed by atoms with E-state index in [0.29, 0.717) is 12.8 Å². The van der Waals surface area contributed by atoms with Crippen LogP contribution in [-0.4, -0.2) is 140 Å². The topological polar surface area (TPSA) is 228 Å². The summed E-state index contributed by atoms with van der Waals surface area (Å²) in [4.78, 5) is 13.3. The van der Waals surface area contributed by atoms with Gasteiger partial charge in [0, 0.05) is 6.42 Å². The summed E-state index contributed by atoms with van der Waals surface area (Å²) in [6.45, 7) is 2.64. The summed E-state index contributed by atoms with van der Waals surface area (Å²) in [5, 5.41) is 87.4. The van der Waals surface area contributed by atoms with Gasteiger partial charge in [0.15, 0.2) is 12.6 Å². The summed E-state index contributed by atoms with van der Waals surface area (Å²) in [5.74, 6) is -0.290. The third-order valence-electron chi connectivity index (χ3n) is 16.0. The highest BCUT2D eigenvalue weighted by atomic mass is 16.7. The molecule has 2 fully saturated rings. The molecular weight excluding hydrogens is 1130 g/mol. The van der Waals surface area contributed by atoms with Gasteiger partial charge in [0.25, 0.3) is 0 Å². The van der Waals surface area contributed by atoms with Crippen molar-refractivity contribution in [2.75, 3.05) is 19.8 Å². The van der Waals surface area contributed by atoms with Gasteiger partial charge in [0.2, 0.25) is 5.91 Å². The molecule has 2 aliphatic rings. The Morgan fingerprint density at radius 2 is 0.778 bits per heavy atom. The number of aliphatic hydroxyl groups excluding tert-OH is 8. The van der Waals surface area contributed by atoms with E-state index in [9.17, 15) is 45.6 Å². The zero-order valence-electron chi connectivity index (χ0n) is 55.6. The van der Waals surface area contributed by atoms with Crippen molar-refractivity contribution in [3.8, 4) is 0 Å². The molecule has 512 valence electrons. The van der Waals surface area contributed by atoms with Crippen LogP contribution in [0.2, 0.25) is 0 Å². The zero-order chi connectivity index (χ0) is 65.2. The third kappa shape index (κ3) is 42.2. The van der Waals surface area contributed by atoms with Crippen molar-refractivity contribution in [1.29, 1.82) is 0 Å². The maximum Gasteiger partial charge on any atom is 0.220 e. The molecule has 2 heterocycles. The number of carbonyl (C=O) groups is 1. The van der Waals surface area contributed by atoms with Crippen LogP contribution in [0.5, 0.6) is 0 Å². The molecule has 0 aromatic carbocycles. The molecular formula is C76H125NO13. The SMILES string of the molecule is CC/C=C\C/C=C\C/C=C\C/C=C\C/C=C\C/C=C\C/C=C\C/C=C\C/C=C\CCCCCC(=O)NC(COC1OC(CO)C(OC2OC(CO)C(O)C(O)C2O)C(O)C1O)C(O)/C=C/CC/C=C/CC/C=C/CCCCCCCCCCCCCCCCC. The molecule has 2 aliphatic heterocycles. The van der Waals surface area contributed by atoms with Gasteiger partial charge in [-0.1, -0.05) is 256 Å². The van der Waals surface area contributed by atoms with Gasteiger partial charge in [0.05, 0.1) is 32.0 Å². The number of aliphatic hydroxyl groups is 8. The van der Waals surface area contributed by atoms with E-state index in [2.05, 4.69) is 153 Å². The number of amides is 1. The van der Waals surface area contributed by atoms with Gasteiger partial charge >= 0.3 is 0 Å². The maximum atomic E-state index is 13.3. The lowest BCUT2D eigenvalue weighted by atomic mass is 9.97. The van der Waals surface area contributed by atoms with Gasteiger partial charge in [-0.3, -0.25) is 4.79 Å². The van der Waals surface area contributed by atoms with Crippen molar-refractivity contribution >= 4 is 5.91 Å². The first-order chi connectivity index (χ1) is 44.1. The number of allylic oxidation sites excluding steroid dienone is 23. The average molecular weight is 1260 g/mol. The lowest BCUT2D eigenvalue weighted by Gasteiger charge is -2.46. The van der Waals surface area contributed by atoms with Crippen LogP contribution in [0.15, 0.2) is 146 Å². The van der Waals surface area contributed by atoms with Crippen LogP contribution in [0.1, 0.15) is 232 Å². The van der Waals surface area contributed by atoms with Gasteiger partial charge < -0.3 is 65.1 Å². The molecule has 0 aliphatic carbocycles. The molecule has 12 unspecified atom stereocenters. The molecule has 0 radical (unpaired) electrons. The molecule has 2 saturated heterocycles. The molecule has 90 heavy (non-hydrogen) atoms. The van der Waals surface area contributed by atoms with Crippen LogP contribution in [0.3, 0.4) is 0 Å². The molecule has 0 aromatic rings. The molecule has 14 heteroatoms. The Hall–Kier alpha value is -4.13. The zero-order valence-corrected chi connectivity index (χ0v) is 55.6. The fourth-order valence-electron chi connectivity index (χ4n) is 10.4. The van der Waals surface area contributed by atoms with Gasteiger partial charge in [-0.2, -0.15) is 0 Å². The predicted octanol–water partition coefficient (Wildman–Crippen LogP) is 14.5. The standard InChI is InChI=1S/C76H125NO13/c1-3-5-7-9-11-13-15-17-19-21-23-25-27-29-30-31-32-33-34-36-38-40-42-44-46-48-50-52-54-56-58-60-68(81)77-64(63-87-75-73(86)71(84)74(67(62-79)89-75)90-76-72(85)70(83)69(82)66(61-78)88-76)65(80)59-57-55-53-51-49-47-45-43-41-39-37-35-28-26-24-22-20-18-16-14-12-10-8-6-4-2/h5,7,11,13,17,19,23,25,29-30,32-33,36,38,41-44,48-51,57,59,64-67,69-76,78-80,82-86H,3-4,6,8-10,12,14-16,18,20-22,24,26-28,31,34-35,37,39-40,45-47,52-56,58,60-63H2,1-2H3,(H,77,81)/b7-5-,13-11-,19-17-,25-23-,30-29-,33-32-,38-36-,43-41+,44-42-,50-48-,51-49+,59-57+. The maximum absolute atomic E-state index is 13.3. The van der Waals surface area contributed by atoms with Crippen molar-refractivity contribution in [1.82, 2.24) is 5.32 Å². The Balaban J connectivity index is 1.75. The second-order valence-corrected chi connectivity index (χ2v) is 23.9. The van der Waals surface area contributed by atoms with Crippen LogP contribution in [0.4, 0.5) is 0 Å². The van der Waals surface area contributed by atoms with Crippen molar-refractivity contribution in [2.45, 2.75) is 306 Å². The van der Waals surface area contributed by atoms with E-state index in [-0.39, 0.29) is 18.9 Å². The predicted molar refractivity (Wildman–Crippen MR) is 368 cm³/mol. The van der Waals surface area contributed by atoms with Crippen LogP contribution in [-0.2, 0) is 23.7 Å².